The van der Waals surface area contributed by atoms with Crippen molar-refractivity contribution in [1.29, 1.82) is 0 Å². The second-order valence-electron chi connectivity index (χ2n) is 4.62. The van der Waals surface area contributed by atoms with Gasteiger partial charge in [0.15, 0.2) is 0 Å². The summed E-state index contributed by atoms with van der Waals surface area (Å²) in [6.07, 6.45) is 6.22. The van der Waals surface area contributed by atoms with Crippen molar-refractivity contribution in [3.05, 3.63) is 40.1 Å². The highest BCUT2D eigenvalue weighted by Gasteiger charge is 2.12. The molecule has 1 aliphatic carbocycles. The summed E-state index contributed by atoms with van der Waals surface area (Å²) in [7, 11) is 0. The van der Waals surface area contributed by atoms with Gasteiger partial charge in [0.2, 0.25) is 5.88 Å². The lowest BCUT2D eigenvalue weighted by Gasteiger charge is -2.16. The van der Waals surface area contributed by atoms with Crippen LogP contribution in [0.3, 0.4) is 0 Å². The third-order valence-electron chi connectivity index (χ3n) is 3.32. The van der Waals surface area contributed by atoms with E-state index in [2.05, 4.69) is 38.0 Å². The molecule has 0 amide bonds. The first kappa shape index (κ1) is 12.4. The number of anilines is 1. The molecular formula is C14H14BrN3O. The van der Waals surface area contributed by atoms with Gasteiger partial charge in [-0.25, -0.2) is 9.97 Å². The summed E-state index contributed by atoms with van der Waals surface area (Å²) in [6, 6.07) is 6.22. The lowest BCUT2D eigenvalue weighted by molar-refractivity contribution is 0.457. The second kappa shape index (κ2) is 5.17. The zero-order valence-electron chi connectivity index (χ0n) is 10.4. The molecule has 1 aromatic heterocycles. The van der Waals surface area contributed by atoms with Gasteiger partial charge in [0, 0.05) is 0 Å². The van der Waals surface area contributed by atoms with Gasteiger partial charge in [-0.1, -0.05) is 6.07 Å². The molecule has 0 bridgehead atoms. The van der Waals surface area contributed by atoms with E-state index in [1.807, 2.05) is 6.07 Å². The normalized spacial score (nSPS) is 13.9. The standard InChI is InChI=1S/C14H14BrN3O/c15-12-13(16)17-8-18-14(12)19-11-6-5-9-3-1-2-4-10(9)7-11/h5-8H,1-4H2,(H2,16,17,18). The maximum atomic E-state index is 5.78. The Morgan fingerprint density at radius 2 is 1.89 bits per heavy atom. The van der Waals surface area contributed by atoms with E-state index in [4.69, 9.17) is 10.5 Å². The predicted molar refractivity (Wildman–Crippen MR) is 77.3 cm³/mol. The van der Waals surface area contributed by atoms with Crippen LogP contribution in [0.25, 0.3) is 0 Å². The van der Waals surface area contributed by atoms with Crippen LogP contribution in [0.15, 0.2) is 29.0 Å². The highest BCUT2D eigenvalue weighted by atomic mass is 79.9. The molecule has 3 rings (SSSR count). The van der Waals surface area contributed by atoms with Crippen molar-refractivity contribution in [1.82, 2.24) is 9.97 Å². The molecule has 4 nitrogen and oxygen atoms in total. The molecule has 0 saturated heterocycles. The Hall–Kier alpha value is -1.62. The summed E-state index contributed by atoms with van der Waals surface area (Å²) in [5, 5.41) is 0. The number of hydrogen-bond acceptors (Lipinski definition) is 4. The minimum Gasteiger partial charge on any atom is -0.438 e. The molecule has 2 aromatic rings. The number of nitrogens with two attached hydrogens (primary N) is 1. The van der Waals surface area contributed by atoms with Gasteiger partial charge in [0.25, 0.3) is 0 Å². The van der Waals surface area contributed by atoms with E-state index in [1.165, 1.54) is 36.7 Å². The Balaban J connectivity index is 1.89. The van der Waals surface area contributed by atoms with Gasteiger partial charge in [-0.2, -0.15) is 0 Å². The van der Waals surface area contributed by atoms with Crippen LogP contribution in [0.1, 0.15) is 24.0 Å². The first-order valence-electron chi connectivity index (χ1n) is 6.29. The highest BCUT2D eigenvalue weighted by Crippen LogP contribution is 2.32. The zero-order valence-corrected chi connectivity index (χ0v) is 12.0. The Kier molecular flexibility index (Phi) is 3.38. The first-order chi connectivity index (χ1) is 9.24. The molecule has 1 aromatic carbocycles. The fourth-order valence-corrected chi connectivity index (χ4v) is 2.61. The van der Waals surface area contributed by atoms with Crippen LogP contribution in [-0.2, 0) is 12.8 Å². The molecule has 0 spiro atoms. The zero-order chi connectivity index (χ0) is 13.2. The number of ether oxygens (including phenoxy) is 1. The molecule has 0 radical (unpaired) electrons. The number of rotatable bonds is 2. The Bertz CT molecular complexity index is 616. The Morgan fingerprint density at radius 1 is 1.11 bits per heavy atom. The quantitative estimate of drug-likeness (QED) is 0.920. The Morgan fingerprint density at radius 3 is 2.74 bits per heavy atom. The lowest BCUT2D eigenvalue weighted by atomic mass is 9.92. The average molecular weight is 320 g/mol. The minimum atomic E-state index is 0.378. The van der Waals surface area contributed by atoms with Gasteiger partial charge in [-0.15, -0.1) is 0 Å². The van der Waals surface area contributed by atoms with E-state index >= 15 is 0 Å². The molecule has 0 unspecified atom stereocenters. The van der Waals surface area contributed by atoms with Crippen molar-refractivity contribution in [2.75, 3.05) is 5.73 Å². The number of benzene rings is 1. The average Bonchev–Trinajstić information content (AvgIpc) is 2.44. The molecule has 5 heteroatoms. The third kappa shape index (κ3) is 2.56. The van der Waals surface area contributed by atoms with Crippen molar-refractivity contribution in [2.24, 2.45) is 0 Å². The van der Waals surface area contributed by atoms with Crippen LogP contribution < -0.4 is 10.5 Å². The minimum absolute atomic E-state index is 0.378. The summed E-state index contributed by atoms with van der Waals surface area (Å²) < 4.78 is 6.37. The van der Waals surface area contributed by atoms with E-state index < -0.39 is 0 Å². The van der Waals surface area contributed by atoms with Crippen LogP contribution in [-0.4, -0.2) is 9.97 Å². The third-order valence-corrected chi connectivity index (χ3v) is 4.06. The second-order valence-corrected chi connectivity index (χ2v) is 5.41. The monoisotopic (exact) mass is 319 g/mol. The number of halogens is 1. The number of hydrogen-bond donors (Lipinski definition) is 1. The molecular weight excluding hydrogens is 306 g/mol. The fraction of sp³-hybridized carbons (Fsp3) is 0.286. The molecule has 0 fully saturated rings. The molecule has 1 aliphatic rings. The molecule has 0 atom stereocenters. The SMILES string of the molecule is Nc1ncnc(Oc2ccc3c(c2)CCCC3)c1Br. The summed E-state index contributed by atoms with van der Waals surface area (Å²) in [6.45, 7) is 0. The van der Waals surface area contributed by atoms with Gasteiger partial charge in [0.1, 0.15) is 22.4 Å². The number of fused-ring (bicyclic) bond motifs is 1. The van der Waals surface area contributed by atoms with Crippen molar-refractivity contribution < 1.29 is 4.74 Å². The largest absolute Gasteiger partial charge is 0.438 e. The van der Waals surface area contributed by atoms with Crippen LogP contribution in [0.4, 0.5) is 5.82 Å². The summed E-state index contributed by atoms with van der Waals surface area (Å²) in [4.78, 5) is 7.98. The lowest BCUT2D eigenvalue weighted by Crippen LogP contribution is -2.03. The van der Waals surface area contributed by atoms with Crippen LogP contribution in [0, 0.1) is 0 Å². The molecule has 1 heterocycles. The first-order valence-corrected chi connectivity index (χ1v) is 7.09. The van der Waals surface area contributed by atoms with Gasteiger partial charge in [0.05, 0.1) is 0 Å². The fourth-order valence-electron chi connectivity index (χ4n) is 2.32. The van der Waals surface area contributed by atoms with Crippen LogP contribution in [0.2, 0.25) is 0 Å². The maximum Gasteiger partial charge on any atom is 0.238 e. The van der Waals surface area contributed by atoms with Crippen molar-refractivity contribution in [3.8, 4) is 11.6 Å². The van der Waals surface area contributed by atoms with E-state index in [1.54, 1.807) is 0 Å². The summed E-state index contributed by atoms with van der Waals surface area (Å²) in [5.41, 5.74) is 8.51. The molecule has 98 valence electrons. The van der Waals surface area contributed by atoms with Crippen molar-refractivity contribution >= 4 is 21.7 Å². The van der Waals surface area contributed by atoms with Crippen LogP contribution in [0.5, 0.6) is 11.6 Å². The van der Waals surface area contributed by atoms with Gasteiger partial charge in [-0.3, -0.25) is 0 Å². The van der Waals surface area contributed by atoms with Gasteiger partial charge >= 0.3 is 0 Å². The number of aryl methyl sites for hydroxylation is 2. The topological polar surface area (TPSA) is 61.0 Å². The van der Waals surface area contributed by atoms with Crippen molar-refractivity contribution in [2.45, 2.75) is 25.7 Å². The highest BCUT2D eigenvalue weighted by molar-refractivity contribution is 9.10. The van der Waals surface area contributed by atoms with Crippen molar-refractivity contribution in [3.63, 3.8) is 0 Å². The van der Waals surface area contributed by atoms with E-state index in [-0.39, 0.29) is 0 Å². The number of aromatic nitrogens is 2. The molecule has 19 heavy (non-hydrogen) atoms. The summed E-state index contributed by atoms with van der Waals surface area (Å²) in [5.74, 6) is 1.62. The molecule has 0 saturated carbocycles. The number of nitrogen functional groups attached to an aromatic ring is 1. The molecule has 2 N–H and O–H groups in total. The smallest absolute Gasteiger partial charge is 0.238 e. The van der Waals surface area contributed by atoms with Gasteiger partial charge < -0.3 is 10.5 Å². The Labute approximate surface area is 120 Å². The maximum absolute atomic E-state index is 5.78. The number of nitrogens with zero attached hydrogens (tertiary/aromatic N) is 2. The predicted octanol–water partition coefficient (Wildman–Crippen LogP) is 3.49. The summed E-state index contributed by atoms with van der Waals surface area (Å²) >= 11 is 3.34. The molecule has 0 aliphatic heterocycles. The van der Waals surface area contributed by atoms with Crippen LogP contribution >= 0.6 is 15.9 Å². The van der Waals surface area contributed by atoms with E-state index in [0.717, 1.165) is 12.2 Å². The van der Waals surface area contributed by atoms with E-state index in [9.17, 15) is 0 Å². The van der Waals surface area contributed by atoms with E-state index in [0.29, 0.717) is 16.2 Å². The van der Waals surface area contributed by atoms with Gasteiger partial charge in [-0.05, 0) is 64.9 Å².